The summed E-state index contributed by atoms with van der Waals surface area (Å²) in [6.07, 6.45) is 4.70. The van der Waals surface area contributed by atoms with Crippen LogP contribution in [0.3, 0.4) is 0 Å². The number of likely N-dealkylation sites (tertiary alicyclic amines) is 1. The standard InChI is InChI=1S/C13H21BrN2O2/c1-2-11(14)12(17)15-10-5-7-16(8-6-10)13(18)9-3-4-9/h9-11H,2-8H2,1H3,(H,15,17). The number of halogens is 1. The van der Waals surface area contributed by atoms with Crippen LogP contribution >= 0.6 is 15.9 Å². The number of piperidine rings is 1. The normalized spacial score (nSPS) is 22.7. The Labute approximate surface area is 117 Å². The molecule has 1 saturated carbocycles. The highest BCUT2D eigenvalue weighted by atomic mass is 79.9. The number of carbonyl (C=O) groups excluding carboxylic acids is 2. The number of amides is 2. The molecule has 1 N–H and O–H groups in total. The van der Waals surface area contributed by atoms with Crippen molar-refractivity contribution in [1.82, 2.24) is 10.2 Å². The fraction of sp³-hybridized carbons (Fsp3) is 0.846. The van der Waals surface area contributed by atoms with E-state index in [1.54, 1.807) is 0 Å². The first kappa shape index (κ1) is 13.8. The summed E-state index contributed by atoms with van der Waals surface area (Å²) in [7, 11) is 0. The van der Waals surface area contributed by atoms with Crippen molar-refractivity contribution in [1.29, 1.82) is 0 Å². The zero-order chi connectivity index (χ0) is 13.1. The van der Waals surface area contributed by atoms with Crippen LogP contribution in [0.5, 0.6) is 0 Å². The summed E-state index contributed by atoms with van der Waals surface area (Å²) in [6, 6.07) is 0.229. The summed E-state index contributed by atoms with van der Waals surface area (Å²) in [5.41, 5.74) is 0. The van der Waals surface area contributed by atoms with Gasteiger partial charge in [0.05, 0.1) is 4.83 Å². The highest BCUT2D eigenvalue weighted by molar-refractivity contribution is 9.10. The molecule has 5 heteroatoms. The first-order valence-electron chi connectivity index (χ1n) is 6.85. The molecule has 102 valence electrons. The van der Waals surface area contributed by atoms with E-state index in [1.807, 2.05) is 11.8 Å². The second kappa shape index (κ2) is 6.04. The Hall–Kier alpha value is -0.580. The molecular formula is C13H21BrN2O2. The lowest BCUT2D eigenvalue weighted by molar-refractivity contribution is -0.133. The van der Waals surface area contributed by atoms with Crippen LogP contribution in [0.2, 0.25) is 0 Å². The quantitative estimate of drug-likeness (QED) is 0.802. The van der Waals surface area contributed by atoms with Crippen molar-refractivity contribution in [3.8, 4) is 0 Å². The maximum Gasteiger partial charge on any atom is 0.233 e. The van der Waals surface area contributed by atoms with Gasteiger partial charge in [-0.15, -0.1) is 0 Å². The molecule has 0 aromatic heterocycles. The number of carbonyl (C=O) groups is 2. The smallest absolute Gasteiger partial charge is 0.233 e. The van der Waals surface area contributed by atoms with Gasteiger partial charge in [0.1, 0.15) is 0 Å². The van der Waals surface area contributed by atoms with E-state index < -0.39 is 0 Å². The van der Waals surface area contributed by atoms with Gasteiger partial charge in [0.25, 0.3) is 0 Å². The molecule has 0 bridgehead atoms. The highest BCUT2D eigenvalue weighted by Gasteiger charge is 2.35. The minimum Gasteiger partial charge on any atom is -0.352 e. The first-order chi connectivity index (χ1) is 8.61. The number of hydrogen-bond acceptors (Lipinski definition) is 2. The van der Waals surface area contributed by atoms with Crippen LogP contribution in [0, 0.1) is 5.92 Å². The fourth-order valence-electron chi connectivity index (χ4n) is 2.31. The van der Waals surface area contributed by atoms with Gasteiger partial charge in [-0.05, 0) is 32.1 Å². The van der Waals surface area contributed by atoms with Crippen LogP contribution in [0.4, 0.5) is 0 Å². The van der Waals surface area contributed by atoms with Crippen molar-refractivity contribution in [3.63, 3.8) is 0 Å². The Morgan fingerprint density at radius 3 is 2.39 bits per heavy atom. The van der Waals surface area contributed by atoms with Gasteiger partial charge in [0, 0.05) is 25.0 Å². The lowest BCUT2D eigenvalue weighted by Crippen LogP contribution is -2.48. The summed E-state index contributed by atoms with van der Waals surface area (Å²) < 4.78 is 0. The zero-order valence-corrected chi connectivity index (χ0v) is 12.4. The molecule has 1 heterocycles. The second-order valence-corrected chi connectivity index (χ2v) is 6.36. The predicted octanol–water partition coefficient (Wildman–Crippen LogP) is 1.68. The molecule has 1 atom stereocenters. The van der Waals surface area contributed by atoms with Crippen LogP contribution in [-0.2, 0) is 9.59 Å². The van der Waals surface area contributed by atoms with Crippen LogP contribution in [0.15, 0.2) is 0 Å². The van der Waals surface area contributed by atoms with Gasteiger partial charge in [-0.2, -0.15) is 0 Å². The summed E-state index contributed by atoms with van der Waals surface area (Å²) in [5.74, 6) is 0.708. The van der Waals surface area contributed by atoms with Crippen molar-refractivity contribution >= 4 is 27.7 Å². The molecule has 2 fully saturated rings. The Kier molecular flexibility index (Phi) is 4.65. The third-order valence-corrected chi connectivity index (χ3v) is 4.79. The molecule has 0 spiro atoms. The molecule has 1 saturated heterocycles. The molecule has 4 nitrogen and oxygen atoms in total. The summed E-state index contributed by atoms with van der Waals surface area (Å²) >= 11 is 3.35. The van der Waals surface area contributed by atoms with Crippen LogP contribution < -0.4 is 5.32 Å². The zero-order valence-electron chi connectivity index (χ0n) is 10.8. The molecule has 18 heavy (non-hydrogen) atoms. The van der Waals surface area contributed by atoms with E-state index in [0.29, 0.717) is 11.8 Å². The molecular weight excluding hydrogens is 296 g/mol. The van der Waals surface area contributed by atoms with Gasteiger partial charge >= 0.3 is 0 Å². The molecule has 0 radical (unpaired) electrons. The monoisotopic (exact) mass is 316 g/mol. The van der Waals surface area contributed by atoms with E-state index in [2.05, 4.69) is 21.2 Å². The van der Waals surface area contributed by atoms with Gasteiger partial charge in [-0.25, -0.2) is 0 Å². The molecule has 0 aromatic carbocycles. The largest absolute Gasteiger partial charge is 0.352 e. The molecule has 1 aliphatic heterocycles. The Balaban J connectivity index is 1.72. The van der Waals surface area contributed by atoms with E-state index in [0.717, 1.165) is 45.2 Å². The molecule has 0 aromatic rings. The lowest BCUT2D eigenvalue weighted by Gasteiger charge is -2.32. The third-order valence-electron chi connectivity index (χ3n) is 3.72. The van der Waals surface area contributed by atoms with Gasteiger partial charge in [0.2, 0.25) is 11.8 Å². The number of nitrogens with zero attached hydrogens (tertiary/aromatic N) is 1. The van der Waals surface area contributed by atoms with Gasteiger partial charge in [-0.1, -0.05) is 22.9 Å². The summed E-state index contributed by atoms with van der Waals surface area (Å²) in [6.45, 7) is 3.56. The van der Waals surface area contributed by atoms with Crippen LogP contribution in [0.25, 0.3) is 0 Å². The summed E-state index contributed by atoms with van der Waals surface area (Å²) in [4.78, 5) is 25.5. The van der Waals surface area contributed by atoms with Crippen molar-refractivity contribution < 1.29 is 9.59 Å². The maximum absolute atomic E-state index is 11.9. The number of rotatable bonds is 4. The van der Waals surface area contributed by atoms with Gasteiger partial charge < -0.3 is 10.2 Å². The minimum atomic E-state index is -0.0939. The number of hydrogen-bond donors (Lipinski definition) is 1. The minimum absolute atomic E-state index is 0.0736. The van der Waals surface area contributed by atoms with E-state index in [4.69, 9.17) is 0 Å². The highest BCUT2D eigenvalue weighted by Crippen LogP contribution is 2.31. The average molecular weight is 317 g/mol. The Morgan fingerprint density at radius 2 is 1.89 bits per heavy atom. The molecule has 2 amide bonds. The first-order valence-corrected chi connectivity index (χ1v) is 7.76. The fourth-order valence-corrected chi connectivity index (χ4v) is 2.44. The third kappa shape index (κ3) is 3.46. The van der Waals surface area contributed by atoms with Crippen LogP contribution in [0.1, 0.15) is 39.0 Å². The van der Waals surface area contributed by atoms with E-state index in [-0.39, 0.29) is 16.8 Å². The van der Waals surface area contributed by atoms with Gasteiger partial charge in [0.15, 0.2) is 0 Å². The SMILES string of the molecule is CCC(Br)C(=O)NC1CCN(C(=O)C2CC2)CC1. The molecule has 1 aliphatic carbocycles. The topological polar surface area (TPSA) is 49.4 Å². The average Bonchev–Trinajstić information content (AvgIpc) is 3.22. The molecule has 1 unspecified atom stereocenters. The number of alkyl halides is 1. The predicted molar refractivity (Wildman–Crippen MR) is 73.5 cm³/mol. The maximum atomic E-state index is 11.9. The van der Waals surface area contributed by atoms with Crippen molar-refractivity contribution in [2.24, 2.45) is 5.92 Å². The van der Waals surface area contributed by atoms with Crippen molar-refractivity contribution in [2.45, 2.75) is 49.9 Å². The van der Waals surface area contributed by atoms with Crippen molar-refractivity contribution in [2.75, 3.05) is 13.1 Å². The lowest BCUT2D eigenvalue weighted by atomic mass is 10.0. The van der Waals surface area contributed by atoms with Crippen molar-refractivity contribution in [3.05, 3.63) is 0 Å². The van der Waals surface area contributed by atoms with Crippen LogP contribution in [-0.4, -0.2) is 40.7 Å². The van der Waals surface area contributed by atoms with Gasteiger partial charge in [-0.3, -0.25) is 9.59 Å². The molecule has 2 rings (SSSR count). The van der Waals surface area contributed by atoms with E-state index in [1.165, 1.54) is 0 Å². The summed E-state index contributed by atoms with van der Waals surface area (Å²) in [5, 5.41) is 3.05. The second-order valence-electron chi connectivity index (χ2n) is 5.26. The van der Waals surface area contributed by atoms with E-state index >= 15 is 0 Å². The molecule has 2 aliphatic rings. The number of nitrogens with one attached hydrogen (secondary N) is 1. The Morgan fingerprint density at radius 1 is 1.28 bits per heavy atom. The van der Waals surface area contributed by atoms with E-state index in [9.17, 15) is 9.59 Å². The Bertz CT molecular complexity index is 323.